The van der Waals surface area contributed by atoms with E-state index in [2.05, 4.69) is 42.4 Å². The summed E-state index contributed by atoms with van der Waals surface area (Å²) in [6, 6.07) is 8.31. The van der Waals surface area contributed by atoms with Crippen molar-refractivity contribution in [3.8, 4) is 0 Å². The number of carbonyl (C=O) groups is 1. The molecule has 0 saturated carbocycles. The highest BCUT2D eigenvalue weighted by atomic mass is 16.2. The van der Waals surface area contributed by atoms with Crippen LogP contribution in [0.5, 0.6) is 0 Å². The number of nitrogens with zero attached hydrogens (tertiary/aromatic N) is 2. The highest BCUT2D eigenvalue weighted by molar-refractivity contribution is 5.97. The van der Waals surface area contributed by atoms with Gasteiger partial charge in [0.15, 0.2) is 0 Å². The first-order valence-electron chi connectivity index (χ1n) is 8.96. The molecular formula is C19H29N3O. The van der Waals surface area contributed by atoms with Crippen LogP contribution in [0.1, 0.15) is 32.6 Å². The molecule has 0 aromatic heterocycles. The van der Waals surface area contributed by atoms with Crippen LogP contribution in [0, 0.1) is 11.8 Å². The van der Waals surface area contributed by atoms with Gasteiger partial charge in [0.1, 0.15) is 0 Å². The summed E-state index contributed by atoms with van der Waals surface area (Å²) in [5.41, 5.74) is 2.25. The van der Waals surface area contributed by atoms with Crippen molar-refractivity contribution in [2.45, 2.75) is 32.6 Å². The first-order chi connectivity index (χ1) is 11.1. The maximum Gasteiger partial charge on any atom is 0.227 e. The molecule has 1 amide bonds. The summed E-state index contributed by atoms with van der Waals surface area (Å²) < 4.78 is 0. The van der Waals surface area contributed by atoms with Crippen molar-refractivity contribution in [2.24, 2.45) is 11.8 Å². The van der Waals surface area contributed by atoms with Crippen molar-refractivity contribution >= 4 is 17.3 Å². The summed E-state index contributed by atoms with van der Waals surface area (Å²) in [6.07, 6.45) is 4.13. The minimum atomic E-state index is 0.290. The zero-order valence-corrected chi connectivity index (χ0v) is 14.4. The van der Waals surface area contributed by atoms with E-state index in [0.717, 1.165) is 38.3 Å². The number of fused-ring (bicyclic) bond motifs is 1. The van der Waals surface area contributed by atoms with E-state index >= 15 is 0 Å². The normalized spacial score (nSPS) is 22.6. The number of amides is 1. The Balaban J connectivity index is 1.71. The zero-order valence-electron chi connectivity index (χ0n) is 14.4. The Hall–Kier alpha value is -1.55. The van der Waals surface area contributed by atoms with Gasteiger partial charge < -0.3 is 15.1 Å². The highest BCUT2D eigenvalue weighted by Gasteiger charge is 2.26. The molecule has 0 spiro atoms. The van der Waals surface area contributed by atoms with Gasteiger partial charge in [-0.25, -0.2) is 0 Å². The number of nitrogens with one attached hydrogen (secondary N) is 1. The van der Waals surface area contributed by atoms with Crippen molar-refractivity contribution in [2.75, 3.05) is 43.0 Å². The van der Waals surface area contributed by atoms with Gasteiger partial charge in [-0.15, -0.1) is 0 Å². The summed E-state index contributed by atoms with van der Waals surface area (Å²) in [4.78, 5) is 17.2. The molecule has 1 fully saturated rings. The summed E-state index contributed by atoms with van der Waals surface area (Å²) in [7, 11) is 2.12. The Morgan fingerprint density at radius 3 is 2.61 bits per heavy atom. The molecule has 1 N–H and O–H groups in total. The third kappa shape index (κ3) is 3.86. The number of piperidine rings is 1. The van der Waals surface area contributed by atoms with E-state index in [1.807, 2.05) is 11.0 Å². The van der Waals surface area contributed by atoms with E-state index in [1.165, 1.54) is 18.5 Å². The van der Waals surface area contributed by atoms with Gasteiger partial charge in [0.05, 0.1) is 11.4 Å². The lowest BCUT2D eigenvalue weighted by Crippen LogP contribution is -2.35. The lowest BCUT2D eigenvalue weighted by molar-refractivity contribution is -0.119. The van der Waals surface area contributed by atoms with E-state index < -0.39 is 0 Å². The number of hydrogen-bond donors (Lipinski definition) is 1. The lowest BCUT2D eigenvalue weighted by atomic mass is 9.93. The van der Waals surface area contributed by atoms with Crippen LogP contribution < -0.4 is 15.1 Å². The van der Waals surface area contributed by atoms with Gasteiger partial charge in [-0.05, 0) is 56.3 Å². The molecule has 2 aliphatic heterocycles. The molecule has 4 nitrogen and oxygen atoms in total. The average molecular weight is 315 g/mol. The molecule has 0 aliphatic carbocycles. The van der Waals surface area contributed by atoms with E-state index in [4.69, 9.17) is 0 Å². The van der Waals surface area contributed by atoms with Crippen molar-refractivity contribution in [1.82, 2.24) is 5.32 Å². The molecule has 1 atom stereocenters. The smallest absolute Gasteiger partial charge is 0.227 e. The lowest BCUT2D eigenvalue weighted by Gasteiger charge is -2.26. The molecular weight excluding hydrogens is 286 g/mol. The molecule has 1 aromatic rings. The molecule has 0 bridgehead atoms. The average Bonchev–Trinajstić information content (AvgIpc) is 2.70. The predicted octanol–water partition coefficient (Wildman–Crippen LogP) is 2.89. The number of hydrogen-bond acceptors (Lipinski definition) is 3. The van der Waals surface area contributed by atoms with Gasteiger partial charge in [-0.2, -0.15) is 0 Å². The second-order valence-corrected chi connectivity index (χ2v) is 7.21. The van der Waals surface area contributed by atoms with Crippen LogP contribution in [-0.4, -0.2) is 39.1 Å². The molecule has 2 aliphatic rings. The van der Waals surface area contributed by atoms with E-state index in [9.17, 15) is 4.79 Å². The maximum atomic E-state index is 12.9. The third-order valence-electron chi connectivity index (χ3n) is 5.19. The fourth-order valence-corrected chi connectivity index (χ4v) is 3.92. The van der Waals surface area contributed by atoms with E-state index in [1.54, 1.807) is 0 Å². The SMILES string of the molecule is CC1CN(C)c2ccccc2N(C(=O)CCC2CCNCC2)C1. The second kappa shape index (κ2) is 7.35. The Morgan fingerprint density at radius 2 is 1.87 bits per heavy atom. The first kappa shape index (κ1) is 16.3. The van der Waals surface area contributed by atoms with E-state index in [0.29, 0.717) is 18.3 Å². The number of benzene rings is 1. The first-order valence-corrected chi connectivity index (χ1v) is 8.96. The molecule has 1 unspecified atom stereocenters. The van der Waals surface area contributed by atoms with Crippen LogP contribution in [0.25, 0.3) is 0 Å². The molecule has 4 heteroatoms. The summed E-state index contributed by atoms with van der Waals surface area (Å²) >= 11 is 0. The van der Waals surface area contributed by atoms with Crippen molar-refractivity contribution in [3.05, 3.63) is 24.3 Å². The van der Waals surface area contributed by atoms with Crippen LogP contribution in [0.3, 0.4) is 0 Å². The Kier molecular flexibility index (Phi) is 5.21. The Labute approximate surface area is 139 Å². The van der Waals surface area contributed by atoms with Crippen LogP contribution in [0.4, 0.5) is 11.4 Å². The zero-order chi connectivity index (χ0) is 16.2. The van der Waals surface area contributed by atoms with Gasteiger partial charge in [-0.1, -0.05) is 19.1 Å². The van der Waals surface area contributed by atoms with Crippen molar-refractivity contribution in [1.29, 1.82) is 0 Å². The van der Waals surface area contributed by atoms with Gasteiger partial charge in [-0.3, -0.25) is 4.79 Å². The molecule has 2 heterocycles. The standard InChI is InChI=1S/C19H29N3O/c1-15-13-21(2)17-5-3-4-6-18(17)22(14-15)19(23)8-7-16-9-11-20-12-10-16/h3-6,15-16,20H,7-14H2,1-2H3. The molecule has 3 rings (SSSR count). The van der Waals surface area contributed by atoms with Crippen molar-refractivity contribution in [3.63, 3.8) is 0 Å². The maximum absolute atomic E-state index is 12.9. The fraction of sp³-hybridized carbons (Fsp3) is 0.632. The number of para-hydroxylation sites is 2. The van der Waals surface area contributed by atoms with Gasteiger partial charge in [0.25, 0.3) is 0 Å². The minimum Gasteiger partial charge on any atom is -0.373 e. The molecule has 1 saturated heterocycles. The third-order valence-corrected chi connectivity index (χ3v) is 5.19. The summed E-state index contributed by atoms with van der Waals surface area (Å²) in [5.74, 6) is 1.48. The number of rotatable bonds is 3. The molecule has 1 aromatic carbocycles. The van der Waals surface area contributed by atoms with Gasteiger partial charge in [0.2, 0.25) is 5.91 Å². The molecule has 126 valence electrons. The fourth-order valence-electron chi connectivity index (χ4n) is 3.92. The molecule has 23 heavy (non-hydrogen) atoms. The number of carbonyl (C=O) groups excluding carboxylic acids is 1. The van der Waals surface area contributed by atoms with E-state index in [-0.39, 0.29) is 5.91 Å². The van der Waals surface area contributed by atoms with Crippen LogP contribution in [0.15, 0.2) is 24.3 Å². The topological polar surface area (TPSA) is 35.6 Å². The summed E-state index contributed by atoms with van der Waals surface area (Å²) in [6.45, 7) is 6.26. The Morgan fingerprint density at radius 1 is 1.17 bits per heavy atom. The number of anilines is 2. The minimum absolute atomic E-state index is 0.290. The largest absolute Gasteiger partial charge is 0.373 e. The highest BCUT2D eigenvalue weighted by Crippen LogP contribution is 2.33. The van der Waals surface area contributed by atoms with Crippen LogP contribution in [0.2, 0.25) is 0 Å². The Bertz CT molecular complexity index is 539. The van der Waals surface area contributed by atoms with Gasteiger partial charge >= 0.3 is 0 Å². The monoisotopic (exact) mass is 315 g/mol. The second-order valence-electron chi connectivity index (χ2n) is 7.21. The van der Waals surface area contributed by atoms with Gasteiger partial charge in [0, 0.05) is 26.6 Å². The quantitative estimate of drug-likeness (QED) is 0.931. The predicted molar refractivity (Wildman–Crippen MR) is 96.1 cm³/mol. The molecule has 0 radical (unpaired) electrons. The van der Waals surface area contributed by atoms with Crippen LogP contribution >= 0.6 is 0 Å². The van der Waals surface area contributed by atoms with Crippen molar-refractivity contribution < 1.29 is 4.79 Å². The summed E-state index contributed by atoms with van der Waals surface area (Å²) in [5, 5.41) is 3.40. The van der Waals surface area contributed by atoms with Crippen LogP contribution in [-0.2, 0) is 4.79 Å².